The first-order valence-corrected chi connectivity index (χ1v) is 7.85. The molecule has 5 heteroatoms. The maximum Gasteiger partial charge on any atom is 0.308 e. The average Bonchev–Trinajstić information content (AvgIpc) is 2.86. The van der Waals surface area contributed by atoms with Crippen molar-refractivity contribution >= 4 is 17.3 Å². The van der Waals surface area contributed by atoms with E-state index in [1.54, 1.807) is 0 Å². The number of aryl methyl sites for hydroxylation is 2. The van der Waals surface area contributed by atoms with Crippen molar-refractivity contribution in [3.05, 3.63) is 45.4 Å². The lowest BCUT2D eigenvalue weighted by Gasteiger charge is -2.05. The molecule has 2 rings (SSSR count). The molecular formula is C16H19NO3S. The van der Waals surface area contributed by atoms with Crippen LogP contribution in [0.15, 0.2) is 24.3 Å². The number of ether oxygens (including phenoxy) is 1. The second kappa shape index (κ2) is 7.22. The van der Waals surface area contributed by atoms with Crippen LogP contribution in [0.5, 0.6) is 5.75 Å². The van der Waals surface area contributed by atoms with E-state index in [0.717, 1.165) is 34.2 Å². The molecule has 0 fully saturated rings. The highest BCUT2D eigenvalue weighted by Crippen LogP contribution is 2.22. The number of aliphatic carboxylic acids is 1. The van der Waals surface area contributed by atoms with Crippen LogP contribution in [0.4, 0.5) is 0 Å². The van der Waals surface area contributed by atoms with Gasteiger partial charge in [0.1, 0.15) is 17.4 Å². The molecule has 0 spiro atoms. The molecule has 1 heterocycles. The van der Waals surface area contributed by atoms with Gasteiger partial charge in [0, 0.05) is 4.88 Å². The summed E-state index contributed by atoms with van der Waals surface area (Å²) >= 11 is 1.42. The summed E-state index contributed by atoms with van der Waals surface area (Å²) in [7, 11) is 0. The van der Waals surface area contributed by atoms with Crippen LogP contribution in [0.1, 0.15) is 35.0 Å². The molecule has 0 aliphatic carbocycles. The van der Waals surface area contributed by atoms with Gasteiger partial charge in [0.25, 0.3) is 0 Å². The molecule has 0 saturated heterocycles. The Morgan fingerprint density at radius 2 is 2.14 bits per heavy atom. The minimum Gasteiger partial charge on any atom is -0.486 e. The van der Waals surface area contributed by atoms with Crippen molar-refractivity contribution in [3.8, 4) is 5.75 Å². The van der Waals surface area contributed by atoms with E-state index >= 15 is 0 Å². The third kappa shape index (κ3) is 4.29. The fourth-order valence-electron chi connectivity index (χ4n) is 2.05. The van der Waals surface area contributed by atoms with Gasteiger partial charge in [-0.1, -0.05) is 26.0 Å². The van der Waals surface area contributed by atoms with Crippen LogP contribution >= 0.6 is 11.3 Å². The molecule has 0 radical (unpaired) electrons. The molecule has 112 valence electrons. The van der Waals surface area contributed by atoms with E-state index in [-0.39, 0.29) is 6.42 Å². The van der Waals surface area contributed by atoms with Crippen molar-refractivity contribution in [1.82, 2.24) is 4.98 Å². The SMILES string of the molecule is CCc1cccc(OCc2nc(CC)c(CC(=O)O)s2)c1. The second-order valence-corrected chi connectivity index (χ2v) is 5.86. The number of carbonyl (C=O) groups is 1. The smallest absolute Gasteiger partial charge is 0.308 e. The number of benzene rings is 1. The Labute approximate surface area is 128 Å². The predicted molar refractivity (Wildman–Crippen MR) is 83.0 cm³/mol. The van der Waals surface area contributed by atoms with Crippen LogP contribution in [-0.4, -0.2) is 16.1 Å². The van der Waals surface area contributed by atoms with Crippen molar-refractivity contribution in [2.75, 3.05) is 0 Å². The largest absolute Gasteiger partial charge is 0.486 e. The molecule has 1 aromatic heterocycles. The van der Waals surface area contributed by atoms with Gasteiger partial charge in [-0.15, -0.1) is 11.3 Å². The molecule has 0 atom stereocenters. The Balaban J connectivity index is 2.05. The molecule has 21 heavy (non-hydrogen) atoms. The third-order valence-electron chi connectivity index (χ3n) is 3.14. The number of carboxylic acid groups (broad SMARTS) is 1. The fourth-order valence-corrected chi connectivity index (χ4v) is 3.11. The second-order valence-electron chi connectivity index (χ2n) is 4.69. The molecule has 2 aromatic rings. The molecule has 0 bridgehead atoms. The normalized spacial score (nSPS) is 10.6. The number of hydrogen-bond donors (Lipinski definition) is 1. The lowest BCUT2D eigenvalue weighted by Crippen LogP contribution is -2.00. The minimum absolute atomic E-state index is 0.0339. The molecule has 0 saturated carbocycles. The van der Waals surface area contributed by atoms with E-state index in [0.29, 0.717) is 6.61 Å². The summed E-state index contributed by atoms with van der Waals surface area (Å²) in [6.45, 7) is 4.46. The summed E-state index contributed by atoms with van der Waals surface area (Å²) in [6, 6.07) is 7.98. The summed E-state index contributed by atoms with van der Waals surface area (Å²) in [5, 5.41) is 9.73. The average molecular weight is 305 g/mol. The first-order chi connectivity index (χ1) is 10.1. The molecule has 0 aliphatic rings. The zero-order valence-electron chi connectivity index (χ0n) is 12.3. The van der Waals surface area contributed by atoms with Gasteiger partial charge in [0.15, 0.2) is 0 Å². The molecule has 0 unspecified atom stereocenters. The standard InChI is InChI=1S/C16H19NO3S/c1-3-11-6-5-7-12(8-11)20-10-15-17-13(4-2)14(21-15)9-16(18)19/h5-8H,3-4,9-10H2,1-2H3,(H,18,19). The Hall–Kier alpha value is -1.88. The lowest BCUT2D eigenvalue weighted by atomic mass is 10.2. The first-order valence-electron chi connectivity index (χ1n) is 7.03. The molecular weight excluding hydrogens is 286 g/mol. The van der Waals surface area contributed by atoms with Gasteiger partial charge in [0.2, 0.25) is 0 Å². The third-order valence-corrected chi connectivity index (χ3v) is 4.21. The van der Waals surface area contributed by atoms with Crippen LogP contribution in [0.2, 0.25) is 0 Å². The number of thiazole rings is 1. The van der Waals surface area contributed by atoms with Crippen molar-refractivity contribution < 1.29 is 14.6 Å². The predicted octanol–water partition coefficient (Wildman–Crippen LogP) is 3.47. The van der Waals surface area contributed by atoms with Gasteiger partial charge in [-0.2, -0.15) is 0 Å². The number of hydrogen-bond acceptors (Lipinski definition) is 4. The minimum atomic E-state index is -0.823. The summed E-state index contributed by atoms with van der Waals surface area (Å²) < 4.78 is 5.75. The van der Waals surface area contributed by atoms with Crippen molar-refractivity contribution in [2.45, 2.75) is 39.7 Å². The Bertz CT molecular complexity index is 622. The molecule has 0 aliphatic heterocycles. The monoisotopic (exact) mass is 305 g/mol. The number of rotatable bonds is 7. The number of nitrogens with zero attached hydrogens (tertiary/aromatic N) is 1. The van der Waals surface area contributed by atoms with Crippen LogP contribution < -0.4 is 4.74 Å². The zero-order chi connectivity index (χ0) is 15.2. The maximum absolute atomic E-state index is 10.8. The van der Waals surface area contributed by atoms with Gasteiger partial charge in [-0.05, 0) is 30.5 Å². The summed E-state index contributed by atoms with van der Waals surface area (Å²) in [5.74, 6) is -0.00107. The summed E-state index contributed by atoms with van der Waals surface area (Å²) in [4.78, 5) is 16.1. The maximum atomic E-state index is 10.8. The lowest BCUT2D eigenvalue weighted by molar-refractivity contribution is -0.136. The van der Waals surface area contributed by atoms with Gasteiger partial charge in [-0.3, -0.25) is 4.79 Å². The van der Waals surface area contributed by atoms with E-state index in [1.807, 2.05) is 25.1 Å². The molecule has 0 amide bonds. The van der Waals surface area contributed by atoms with Crippen molar-refractivity contribution in [2.24, 2.45) is 0 Å². The molecule has 1 aromatic carbocycles. The van der Waals surface area contributed by atoms with E-state index in [2.05, 4.69) is 18.0 Å². The number of aromatic nitrogens is 1. The van der Waals surface area contributed by atoms with Crippen LogP contribution in [0.25, 0.3) is 0 Å². The van der Waals surface area contributed by atoms with E-state index in [1.165, 1.54) is 16.9 Å². The van der Waals surface area contributed by atoms with E-state index < -0.39 is 5.97 Å². The quantitative estimate of drug-likeness (QED) is 0.851. The highest BCUT2D eigenvalue weighted by molar-refractivity contribution is 7.11. The molecule has 4 nitrogen and oxygen atoms in total. The van der Waals surface area contributed by atoms with Crippen LogP contribution in [0, 0.1) is 0 Å². The Morgan fingerprint density at radius 1 is 1.33 bits per heavy atom. The van der Waals surface area contributed by atoms with Gasteiger partial charge < -0.3 is 9.84 Å². The van der Waals surface area contributed by atoms with Crippen molar-refractivity contribution in [1.29, 1.82) is 0 Å². The fraction of sp³-hybridized carbons (Fsp3) is 0.375. The Morgan fingerprint density at radius 3 is 2.81 bits per heavy atom. The topological polar surface area (TPSA) is 59.4 Å². The van der Waals surface area contributed by atoms with Crippen molar-refractivity contribution in [3.63, 3.8) is 0 Å². The first kappa shape index (κ1) is 15.5. The highest BCUT2D eigenvalue weighted by atomic mass is 32.1. The van der Waals surface area contributed by atoms with Crippen LogP contribution in [-0.2, 0) is 30.7 Å². The van der Waals surface area contributed by atoms with E-state index in [4.69, 9.17) is 9.84 Å². The molecule has 1 N–H and O–H groups in total. The summed E-state index contributed by atoms with van der Waals surface area (Å²) in [5.41, 5.74) is 2.09. The van der Waals surface area contributed by atoms with Gasteiger partial charge in [0.05, 0.1) is 12.1 Å². The Kier molecular flexibility index (Phi) is 5.33. The highest BCUT2D eigenvalue weighted by Gasteiger charge is 2.13. The van der Waals surface area contributed by atoms with Crippen LogP contribution in [0.3, 0.4) is 0 Å². The van der Waals surface area contributed by atoms with Gasteiger partial charge in [-0.25, -0.2) is 4.98 Å². The number of carboxylic acids is 1. The van der Waals surface area contributed by atoms with E-state index in [9.17, 15) is 4.79 Å². The van der Waals surface area contributed by atoms with Gasteiger partial charge >= 0.3 is 5.97 Å². The summed E-state index contributed by atoms with van der Waals surface area (Å²) in [6.07, 6.45) is 1.74. The zero-order valence-corrected chi connectivity index (χ0v) is 13.1.